The van der Waals surface area contributed by atoms with Crippen molar-refractivity contribution in [2.75, 3.05) is 26.2 Å². The number of likely N-dealkylation sites (tertiary alicyclic amines) is 1. The maximum atomic E-state index is 11.8. The zero-order valence-electron chi connectivity index (χ0n) is 12.4. The van der Waals surface area contributed by atoms with Gasteiger partial charge in [-0.25, -0.2) is 0 Å². The molecule has 0 unspecified atom stereocenters. The second kappa shape index (κ2) is 8.03. The number of nitrogens with zero attached hydrogens (tertiary/aromatic N) is 2. The molecule has 1 aromatic rings. The largest absolute Gasteiger partial charge is 0.484 e. The van der Waals surface area contributed by atoms with E-state index in [2.05, 4.69) is 5.32 Å². The first kappa shape index (κ1) is 15.8. The van der Waals surface area contributed by atoms with Crippen LogP contribution in [0.15, 0.2) is 24.3 Å². The molecule has 0 aromatic heterocycles. The summed E-state index contributed by atoms with van der Waals surface area (Å²) in [4.78, 5) is 25.2. The van der Waals surface area contributed by atoms with Gasteiger partial charge in [0.25, 0.3) is 5.91 Å². The van der Waals surface area contributed by atoms with Gasteiger partial charge in [0, 0.05) is 26.1 Å². The molecule has 1 fully saturated rings. The van der Waals surface area contributed by atoms with Crippen LogP contribution in [0.3, 0.4) is 0 Å². The molecule has 1 aliphatic rings. The standard InChI is InChI=1S/C16H19N3O3/c17-11-13-3-5-14(6-4-13)22-12-15(20)18-8-7-16(21)19-9-1-2-10-19/h3-6H,1-2,7-10,12H2,(H,18,20). The van der Waals surface area contributed by atoms with Crippen molar-refractivity contribution in [2.45, 2.75) is 19.3 Å². The number of benzene rings is 1. The molecule has 1 aromatic carbocycles. The second-order valence-corrected chi connectivity index (χ2v) is 5.11. The van der Waals surface area contributed by atoms with E-state index in [1.807, 2.05) is 11.0 Å². The van der Waals surface area contributed by atoms with Gasteiger partial charge in [-0.2, -0.15) is 5.26 Å². The number of ether oxygens (including phenoxy) is 1. The molecule has 6 nitrogen and oxygen atoms in total. The predicted molar refractivity (Wildman–Crippen MR) is 80.1 cm³/mol. The van der Waals surface area contributed by atoms with Gasteiger partial charge < -0.3 is 15.0 Å². The zero-order valence-corrected chi connectivity index (χ0v) is 12.4. The van der Waals surface area contributed by atoms with Gasteiger partial charge in [0.1, 0.15) is 5.75 Å². The molecule has 2 rings (SSSR count). The summed E-state index contributed by atoms with van der Waals surface area (Å²) in [5.41, 5.74) is 0.539. The Labute approximate surface area is 129 Å². The maximum absolute atomic E-state index is 11.8. The summed E-state index contributed by atoms with van der Waals surface area (Å²) in [6.45, 7) is 1.87. The van der Waals surface area contributed by atoms with Crippen LogP contribution in [-0.2, 0) is 9.59 Å². The number of nitrogens with one attached hydrogen (secondary N) is 1. The number of carbonyl (C=O) groups is 2. The fourth-order valence-corrected chi connectivity index (χ4v) is 2.26. The fraction of sp³-hybridized carbons (Fsp3) is 0.438. The van der Waals surface area contributed by atoms with Gasteiger partial charge in [-0.15, -0.1) is 0 Å². The molecule has 0 spiro atoms. The van der Waals surface area contributed by atoms with Gasteiger partial charge in [-0.3, -0.25) is 9.59 Å². The lowest BCUT2D eigenvalue weighted by Gasteiger charge is -2.15. The lowest BCUT2D eigenvalue weighted by molar-refractivity contribution is -0.130. The number of hydrogen-bond donors (Lipinski definition) is 1. The molecule has 6 heteroatoms. The van der Waals surface area contributed by atoms with Crippen molar-refractivity contribution in [1.82, 2.24) is 10.2 Å². The molecule has 116 valence electrons. The monoisotopic (exact) mass is 301 g/mol. The lowest BCUT2D eigenvalue weighted by atomic mass is 10.2. The minimum Gasteiger partial charge on any atom is -0.484 e. The molecule has 0 radical (unpaired) electrons. The van der Waals surface area contributed by atoms with Crippen molar-refractivity contribution in [3.05, 3.63) is 29.8 Å². The summed E-state index contributed by atoms with van der Waals surface area (Å²) >= 11 is 0. The Hall–Kier alpha value is -2.55. The number of rotatable bonds is 6. The van der Waals surface area contributed by atoms with E-state index in [4.69, 9.17) is 10.00 Å². The first-order valence-corrected chi connectivity index (χ1v) is 7.36. The van der Waals surface area contributed by atoms with Crippen LogP contribution in [0.2, 0.25) is 0 Å². The number of amides is 2. The quantitative estimate of drug-likeness (QED) is 0.852. The van der Waals surface area contributed by atoms with Crippen molar-refractivity contribution >= 4 is 11.8 Å². The number of carbonyl (C=O) groups excluding carboxylic acids is 2. The van der Waals surface area contributed by atoms with E-state index < -0.39 is 0 Å². The van der Waals surface area contributed by atoms with Gasteiger partial charge >= 0.3 is 0 Å². The van der Waals surface area contributed by atoms with E-state index >= 15 is 0 Å². The average molecular weight is 301 g/mol. The minimum atomic E-state index is -0.265. The lowest BCUT2D eigenvalue weighted by Crippen LogP contribution is -2.34. The normalized spacial score (nSPS) is 13.5. The van der Waals surface area contributed by atoms with Crippen LogP contribution < -0.4 is 10.1 Å². The van der Waals surface area contributed by atoms with Crippen LogP contribution in [0.4, 0.5) is 0 Å². The van der Waals surface area contributed by atoms with Crippen LogP contribution in [0.25, 0.3) is 0 Å². The Kier molecular flexibility index (Phi) is 5.78. The highest BCUT2D eigenvalue weighted by molar-refractivity contribution is 5.80. The van der Waals surface area contributed by atoms with Crippen LogP contribution in [0.5, 0.6) is 5.75 Å². The van der Waals surface area contributed by atoms with E-state index in [0.29, 0.717) is 24.3 Å². The topological polar surface area (TPSA) is 82.4 Å². The maximum Gasteiger partial charge on any atom is 0.257 e. The van der Waals surface area contributed by atoms with Gasteiger partial charge in [-0.1, -0.05) is 0 Å². The average Bonchev–Trinajstić information content (AvgIpc) is 3.08. The fourth-order valence-electron chi connectivity index (χ4n) is 2.26. The molecule has 0 bridgehead atoms. The van der Waals surface area contributed by atoms with Gasteiger partial charge in [0.2, 0.25) is 5.91 Å². The van der Waals surface area contributed by atoms with Crippen molar-refractivity contribution in [3.8, 4) is 11.8 Å². The molecule has 22 heavy (non-hydrogen) atoms. The van der Waals surface area contributed by atoms with Crippen molar-refractivity contribution in [2.24, 2.45) is 0 Å². The highest BCUT2D eigenvalue weighted by Crippen LogP contribution is 2.11. The molecule has 1 heterocycles. The Morgan fingerprint density at radius 2 is 1.91 bits per heavy atom. The van der Waals surface area contributed by atoms with Gasteiger partial charge in [-0.05, 0) is 37.1 Å². The Morgan fingerprint density at radius 1 is 1.23 bits per heavy atom. The third-order valence-electron chi connectivity index (χ3n) is 3.47. The molecule has 1 saturated heterocycles. The van der Waals surface area contributed by atoms with Crippen LogP contribution in [0, 0.1) is 11.3 Å². The summed E-state index contributed by atoms with van der Waals surface area (Å²) < 4.78 is 5.31. The molecule has 0 aliphatic carbocycles. The molecule has 0 atom stereocenters. The molecular weight excluding hydrogens is 282 g/mol. The number of nitriles is 1. The summed E-state index contributed by atoms with van der Waals surface area (Å²) in [6.07, 6.45) is 2.45. The second-order valence-electron chi connectivity index (χ2n) is 5.11. The zero-order chi connectivity index (χ0) is 15.8. The van der Waals surface area contributed by atoms with Crippen molar-refractivity contribution in [3.63, 3.8) is 0 Å². The highest BCUT2D eigenvalue weighted by Gasteiger charge is 2.17. The minimum absolute atomic E-state index is 0.0887. The van der Waals surface area contributed by atoms with E-state index in [1.165, 1.54) is 0 Å². The Bertz CT molecular complexity index is 557. The number of hydrogen-bond acceptors (Lipinski definition) is 4. The van der Waals surface area contributed by atoms with Crippen molar-refractivity contribution in [1.29, 1.82) is 5.26 Å². The van der Waals surface area contributed by atoms with Gasteiger partial charge in [0.05, 0.1) is 11.6 Å². The van der Waals surface area contributed by atoms with E-state index in [-0.39, 0.29) is 18.4 Å². The Balaban J connectivity index is 1.63. The van der Waals surface area contributed by atoms with Gasteiger partial charge in [0.15, 0.2) is 6.61 Å². The first-order chi connectivity index (χ1) is 10.7. The molecule has 2 amide bonds. The SMILES string of the molecule is N#Cc1ccc(OCC(=O)NCCC(=O)N2CCCC2)cc1. The molecule has 0 saturated carbocycles. The third kappa shape index (κ3) is 4.77. The molecular formula is C16H19N3O3. The summed E-state index contributed by atoms with van der Waals surface area (Å²) in [7, 11) is 0. The first-order valence-electron chi connectivity index (χ1n) is 7.36. The van der Waals surface area contributed by atoms with E-state index in [1.54, 1.807) is 24.3 Å². The summed E-state index contributed by atoms with van der Waals surface area (Å²) in [6, 6.07) is 8.55. The highest BCUT2D eigenvalue weighted by atomic mass is 16.5. The summed E-state index contributed by atoms with van der Waals surface area (Å²) in [5.74, 6) is 0.353. The van der Waals surface area contributed by atoms with Crippen molar-refractivity contribution < 1.29 is 14.3 Å². The summed E-state index contributed by atoms with van der Waals surface area (Å²) in [5, 5.41) is 11.3. The van der Waals surface area contributed by atoms with Crippen LogP contribution in [-0.4, -0.2) is 43.0 Å². The Morgan fingerprint density at radius 3 is 2.55 bits per heavy atom. The van der Waals surface area contributed by atoms with Crippen LogP contribution in [0.1, 0.15) is 24.8 Å². The molecule has 1 aliphatic heterocycles. The smallest absolute Gasteiger partial charge is 0.257 e. The third-order valence-corrected chi connectivity index (χ3v) is 3.47. The van der Waals surface area contributed by atoms with E-state index in [0.717, 1.165) is 25.9 Å². The molecule has 1 N–H and O–H groups in total. The van der Waals surface area contributed by atoms with Crippen LogP contribution >= 0.6 is 0 Å². The predicted octanol–water partition coefficient (Wildman–Crippen LogP) is 1.07. The van der Waals surface area contributed by atoms with E-state index in [9.17, 15) is 9.59 Å².